The van der Waals surface area contributed by atoms with E-state index < -0.39 is 0 Å². The number of rotatable bonds is 4. The van der Waals surface area contributed by atoms with Gasteiger partial charge >= 0.3 is 5.97 Å². The standard InChI is InChI=1S/C16H25NO3/c1-4-19-16(18)14-13(11(2)3)17-15(20-14)12-9-7-5-6-8-10-12/h11-12H,4-10H2,1-3H3. The Morgan fingerprint density at radius 3 is 2.50 bits per heavy atom. The van der Waals surface area contributed by atoms with Gasteiger partial charge in [-0.25, -0.2) is 9.78 Å². The van der Waals surface area contributed by atoms with Crippen molar-refractivity contribution in [3.05, 3.63) is 17.3 Å². The van der Waals surface area contributed by atoms with Crippen LogP contribution < -0.4 is 0 Å². The highest BCUT2D eigenvalue weighted by molar-refractivity contribution is 5.87. The smallest absolute Gasteiger partial charge is 0.376 e. The molecule has 0 N–H and O–H groups in total. The van der Waals surface area contributed by atoms with E-state index in [1.165, 1.54) is 25.7 Å². The Kier molecular flexibility index (Phi) is 5.21. The molecule has 0 atom stereocenters. The molecule has 4 nitrogen and oxygen atoms in total. The molecule has 0 bridgehead atoms. The molecule has 1 heterocycles. The van der Waals surface area contributed by atoms with Crippen molar-refractivity contribution in [2.75, 3.05) is 6.61 Å². The fourth-order valence-electron chi connectivity index (χ4n) is 2.78. The quantitative estimate of drug-likeness (QED) is 0.605. The van der Waals surface area contributed by atoms with Crippen LogP contribution in [0.3, 0.4) is 0 Å². The number of hydrogen-bond acceptors (Lipinski definition) is 4. The van der Waals surface area contributed by atoms with Crippen molar-refractivity contribution in [1.82, 2.24) is 4.98 Å². The molecule has 112 valence electrons. The number of hydrogen-bond donors (Lipinski definition) is 0. The SMILES string of the molecule is CCOC(=O)c1oc(C2CCCCCC2)nc1C(C)C. The molecular weight excluding hydrogens is 254 g/mol. The summed E-state index contributed by atoms with van der Waals surface area (Å²) in [6, 6.07) is 0. The maximum Gasteiger partial charge on any atom is 0.376 e. The summed E-state index contributed by atoms with van der Waals surface area (Å²) in [4.78, 5) is 16.6. The third kappa shape index (κ3) is 3.41. The van der Waals surface area contributed by atoms with E-state index in [1.54, 1.807) is 6.92 Å². The van der Waals surface area contributed by atoms with Gasteiger partial charge in [-0.1, -0.05) is 39.5 Å². The lowest BCUT2D eigenvalue weighted by atomic mass is 10.0. The second kappa shape index (κ2) is 6.91. The lowest BCUT2D eigenvalue weighted by Crippen LogP contribution is -2.07. The van der Waals surface area contributed by atoms with Gasteiger partial charge < -0.3 is 9.15 Å². The molecule has 0 aliphatic heterocycles. The number of carbonyl (C=O) groups excluding carboxylic acids is 1. The van der Waals surface area contributed by atoms with Gasteiger partial charge in [0.1, 0.15) is 0 Å². The van der Waals surface area contributed by atoms with Crippen LogP contribution in [-0.2, 0) is 4.74 Å². The molecule has 0 spiro atoms. The van der Waals surface area contributed by atoms with Gasteiger partial charge in [0.25, 0.3) is 0 Å². The zero-order valence-electron chi connectivity index (χ0n) is 12.8. The molecule has 0 aromatic carbocycles. The molecule has 2 rings (SSSR count). The van der Waals surface area contributed by atoms with Crippen LogP contribution in [0.5, 0.6) is 0 Å². The molecule has 1 saturated carbocycles. The van der Waals surface area contributed by atoms with Gasteiger partial charge in [0, 0.05) is 5.92 Å². The monoisotopic (exact) mass is 279 g/mol. The Morgan fingerprint density at radius 1 is 1.30 bits per heavy atom. The second-order valence-electron chi connectivity index (χ2n) is 5.83. The maximum absolute atomic E-state index is 12.0. The van der Waals surface area contributed by atoms with E-state index in [0.717, 1.165) is 24.4 Å². The van der Waals surface area contributed by atoms with E-state index in [4.69, 9.17) is 9.15 Å². The van der Waals surface area contributed by atoms with Crippen molar-refractivity contribution in [2.45, 2.75) is 71.1 Å². The third-order valence-corrected chi connectivity index (χ3v) is 3.88. The van der Waals surface area contributed by atoms with Crippen LogP contribution in [0.1, 0.15) is 93.3 Å². The Labute approximate surface area is 120 Å². The molecule has 20 heavy (non-hydrogen) atoms. The van der Waals surface area contributed by atoms with Crippen molar-refractivity contribution >= 4 is 5.97 Å². The first-order valence-corrected chi connectivity index (χ1v) is 7.81. The summed E-state index contributed by atoms with van der Waals surface area (Å²) < 4.78 is 10.9. The summed E-state index contributed by atoms with van der Waals surface area (Å²) in [5.41, 5.74) is 0.739. The molecule has 1 fully saturated rings. The fraction of sp³-hybridized carbons (Fsp3) is 0.750. The van der Waals surface area contributed by atoms with Crippen LogP contribution in [0.2, 0.25) is 0 Å². The first kappa shape index (κ1) is 15.1. The van der Waals surface area contributed by atoms with Gasteiger partial charge in [-0.15, -0.1) is 0 Å². The van der Waals surface area contributed by atoms with Gasteiger partial charge in [-0.05, 0) is 25.7 Å². The third-order valence-electron chi connectivity index (χ3n) is 3.88. The van der Waals surface area contributed by atoms with E-state index in [2.05, 4.69) is 4.98 Å². The van der Waals surface area contributed by atoms with Gasteiger partial charge in [0.05, 0.1) is 12.3 Å². The summed E-state index contributed by atoms with van der Waals surface area (Å²) in [5, 5.41) is 0. The predicted octanol–water partition coefficient (Wildman–Crippen LogP) is 4.41. The Morgan fingerprint density at radius 2 is 1.95 bits per heavy atom. The topological polar surface area (TPSA) is 52.3 Å². The molecule has 1 aliphatic carbocycles. The van der Waals surface area contributed by atoms with Crippen LogP contribution in [0.25, 0.3) is 0 Å². The van der Waals surface area contributed by atoms with E-state index >= 15 is 0 Å². The lowest BCUT2D eigenvalue weighted by Gasteiger charge is -2.08. The summed E-state index contributed by atoms with van der Waals surface area (Å²) >= 11 is 0. The molecule has 4 heteroatoms. The summed E-state index contributed by atoms with van der Waals surface area (Å²) in [6.07, 6.45) is 7.25. The van der Waals surface area contributed by atoms with Crippen molar-refractivity contribution < 1.29 is 13.9 Å². The number of oxazole rings is 1. The van der Waals surface area contributed by atoms with Crippen molar-refractivity contribution in [2.24, 2.45) is 0 Å². The van der Waals surface area contributed by atoms with Crippen LogP contribution in [0.4, 0.5) is 0 Å². The molecule has 0 radical (unpaired) electrons. The normalized spacial score (nSPS) is 17.2. The highest BCUT2D eigenvalue weighted by Gasteiger charge is 2.27. The Bertz CT molecular complexity index is 443. The maximum atomic E-state index is 12.0. The molecule has 0 unspecified atom stereocenters. The van der Waals surface area contributed by atoms with E-state index in [-0.39, 0.29) is 11.9 Å². The summed E-state index contributed by atoms with van der Waals surface area (Å²) in [7, 11) is 0. The number of aromatic nitrogens is 1. The minimum Gasteiger partial charge on any atom is -0.460 e. The first-order valence-electron chi connectivity index (χ1n) is 7.81. The first-order chi connectivity index (χ1) is 9.63. The average Bonchev–Trinajstić information content (AvgIpc) is 2.69. The second-order valence-corrected chi connectivity index (χ2v) is 5.83. The van der Waals surface area contributed by atoms with Crippen LogP contribution in [0.15, 0.2) is 4.42 Å². The minimum atomic E-state index is -0.386. The number of carbonyl (C=O) groups is 1. The number of esters is 1. The summed E-state index contributed by atoms with van der Waals surface area (Å²) in [5.74, 6) is 1.18. The zero-order valence-corrected chi connectivity index (χ0v) is 12.8. The van der Waals surface area contributed by atoms with Crippen molar-refractivity contribution in [3.8, 4) is 0 Å². The molecule has 1 aromatic rings. The average molecular weight is 279 g/mol. The van der Waals surface area contributed by atoms with E-state index in [0.29, 0.717) is 18.3 Å². The molecule has 0 saturated heterocycles. The largest absolute Gasteiger partial charge is 0.460 e. The van der Waals surface area contributed by atoms with Crippen LogP contribution in [-0.4, -0.2) is 17.6 Å². The Balaban J connectivity index is 2.25. The van der Waals surface area contributed by atoms with Gasteiger partial charge in [-0.3, -0.25) is 0 Å². The van der Waals surface area contributed by atoms with Gasteiger partial charge in [0.2, 0.25) is 5.76 Å². The van der Waals surface area contributed by atoms with Gasteiger partial charge in [0.15, 0.2) is 5.89 Å². The molecule has 1 aromatic heterocycles. The van der Waals surface area contributed by atoms with Gasteiger partial charge in [-0.2, -0.15) is 0 Å². The Hall–Kier alpha value is -1.32. The highest BCUT2D eigenvalue weighted by Crippen LogP contribution is 2.33. The van der Waals surface area contributed by atoms with Crippen LogP contribution >= 0.6 is 0 Å². The van der Waals surface area contributed by atoms with Crippen LogP contribution in [0, 0.1) is 0 Å². The minimum absolute atomic E-state index is 0.165. The van der Waals surface area contributed by atoms with Crippen molar-refractivity contribution in [1.29, 1.82) is 0 Å². The number of ether oxygens (including phenoxy) is 1. The lowest BCUT2D eigenvalue weighted by molar-refractivity contribution is 0.0485. The molecule has 1 aliphatic rings. The predicted molar refractivity (Wildman–Crippen MR) is 77.0 cm³/mol. The van der Waals surface area contributed by atoms with Crippen molar-refractivity contribution in [3.63, 3.8) is 0 Å². The molecular formula is C16H25NO3. The zero-order chi connectivity index (χ0) is 14.5. The van der Waals surface area contributed by atoms with E-state index in [9.17, 15) is 4.79 Å². The summed E-state index contributed by atoms with van der Waals surface area (Å²) in [6.45, 7) is 6.21. The van der Waals surface area contributed by atoms with E-state index in [1.807, 2.05) is 13.8 Å². The highest BCUT2D eigenvalue weighted by atomic mass is 16.5. The molecule has 0 amide bonds. The fourth-order valence-corrected chi connectivity index (χ4v) is 2.78. The number of nitrogens with zero attached hydrogens (tertiary/aromatic N) is 1.